The molecule has 14 heavy (non-hydrogen) atoms. The summed E-state index contributed by atoms with van der Waals surface area (Å²) in [6.45, 7) is 4.68. The predicted molar refractivity (Wildman–Crippen MR) is 56.0 cm³/mol. The number of nitrogens with zero attached hydrogens (tertiary/aromatic N) is 1. The molecule has 5 heteroatoms. The summed E-state index contributed by atoms with van der Waals surface area (Å²) >= 11 is 0. The first-order valence-electron chi connectivity index (χ1n) is 4.78. The van der Waals surface area contributed by atoms with E-state index in [1.165, 1.54) is 0 Å². The van der Waals surface area contributed by atoms with Crippen LogP contribution in [0.25, 0.3) is 0 Å². The summed E-state index contributed by atoms with van der Waals surface area (Å²) < 4.78 is 4.93. The molecule has 0 aliphatic heterocycles. The lowest BCUT2D eigenvalue weighted by atomic mass is 10.3. The van der Waals surface area contributed by atoms with Crippen LogP contribution in [-0.2, 0) is 9.53 Å². The number of carbonyl (C=O) groups is 1. The lowest BCUT2D eigenvalue weighted by molar-refractivity contribution is -0.122. The molecule has 1 amide bonds. The van der Waals surface area contributed by atoms with E-state index in [1.807, 2.05) is 7.05 Å². The van der Waals surface area contributed by atoms with Gasteiger partial charge in [-0.2, -0.15) is 0 Å². The van der Waals surface area contributed by atoms with Gasteiger partial charge >= 0.3 is 0 Å². The zero-order valence-electron chi connectivity index (χ0n) is 9.25. The van der Waals surface area contributed by atoms with Crippen LogP contribution in [0.2, 0.25) is 0 Å². The van der Waals surface area contributed by atoms with Crippen LogP contribution in [0.15, 0.2) is 0 Å². The predicted octanol–water partition coefficient (Wildman–Crippen LogP) is -0.972. The Morgan fingerprint density at radius 3 is 2.71 bits per heavy atom. The second kappa shape index (κ2) is 7.73. The number of methoxy groups -OCH3 is 1. The second-order valence-corrected chi connectivity index (χ2v) is 3.38. The first-order chi connectivity index (χ1) is 6.57. The highest BCUT2D eigenvalue weighted by atomic mass is 16.5. The van der Waals surface area contributed by atoms with Crippen molar-refractivity contribution in [1.82, 2.24) is 10.2 Å². The molecule has 0 aromatic rings. The zero-order valence-corrected chi connectivity index (χ0v) is 9.25. The molecule has 84 valence electrons. The average Bonchev–Trinajstić information content (AvgIpc) is 2.14. The summed E-state index contributed by atoms with van der Waals surface area (Å²) in [5.74, 6) is -0.106. The third-order valence-electron chi connectivity index (χ3n) is 1.88. The van der Waals surface area contributed by atoms with Gasteiger partial charge in [0.05, 0.1) is 12.6 Å². The van der Waals surface area contributed by atoms with Gasteiger partial charge in [0.25, 0.3) is 0 Å². The Kier molecular flexibility index (Phi) is 7.37. The van der Waals surface area contributed by atoms with E-state index < -0.39 is 6.04 Å². The molecule has 0 saturated carbocycles. The average molecular weight is 203 g/mol. The molecule has 0 radical (unpaired) electrons. The Morgan fingerprint density at radius 1 is 1.57 bits per heavy atom. The van der Waals surface area contributed by atoms with E-state index in [0.717, 1.165) is 13.1 Å². The Labute approximate surface area is 85.6 Å². The van der Waals surface area contributed by atoms with Gasteiger partial charge in [-0.1, -0.05) is 0 Å². The van der Waals surface area contributed by atoms with Crippen molar-refractivity contribution < 1.29 is 9.53 Å². The first-order valence-corrected chi connectivity index (χ1v) is 4.78. The van der Waals surface area contributed by atoms with E-state index in [1.54, 1.807) is 14.0 Å². The van der Waals surface area contributed by atoms with Crippen molar-refractivity contribution in [3.63, 3.8) is 0 Å². The molecule has 0 aromatic heterocycles. The van der Waals surface area contributed by atoms with Crippen molar-refractivity contribution in [2.75, 3.05) is 40.4 Å². The van der Waals surface area contributed by atoms with Gasteiger partial charge in [-0.3, -0.25) is 4.79 Å². The maximum atomic E-state index is 11.1. The molecule has 0 aliphatic rings. The van der Waals surface area contributed by atoms with E-state index in [-0.39, 0.29) is 5.91 Å². The highest BCUT2D eigenvalue weighted by Gasteiger charge is 2.05. The normalized spacial score (nSPS) is 12.9. The van der Waals surface area contributed by atoms with E-state index in [4.69, 9.17) is 10.5 Å². The molecule has 0 unspecified atom stereocenters. The molecule has 0 heterocycles. The van der Waals surface area contributed by atoms with Gasteiger partial charge in [0.15, 0.2) is 0 Å². The zero-order chi connectivity index (χ0) is 11.0. The molecular formula is C9H21N3O2. The van der Waals surface area contributed by atoms with Gasteiger partial charge in [-0.25, -0.2) is 0 Å². The van der Waals surface area contributed by atoms with Gasteiger partial charge < -0.3 is 20.7 Å². The minimum absolute atomic E-state index is 0.106. The number of rotatable bonds is 7. The highest BCUT2D eigenvalue weighted by Crippen LogP contribution is 1.81. The molecule has 0 saturated heterocycles. The maximum Gasteiger partial charge on any atom is 0.236 e. The number of ether oxygens (including phenoxy) is 1. The Morgan fingerprint density at radius 2 is 2.21 bits per heavy atom. The van der Waals surface area contributed by atoms with E-state index >= 15 is 0 Å². The van der Waals surface area contributed by atoms with Crippen LogP contribution < -0.4 is 11.1 Å². The van der Waals surface area contributed by atoms with Gasteiger partial charge in [-0.15, -0.1) is 0 Å². The minimum atomic E-state index is -0.431. The fraction of sp³-hybridized carbons (Fsp3) is 0.889. The van der Waals surface area contributed by atoms with Crippen molar-refractivity contribution in [3.8, 4) is 0 Å². The number of carbonyl (C=O) groups excluding carboxylic acids is 1. The standard InChI is InChI=1S/C9H21N3O2/c1-8(10)9(13)11-4-5-12(2)6-7-14-3/h8H,4-7,10H2,1-3H3,(H,11,13)/t8-/m0/s1. The van der Waals surface area contributed by atoms with Crippen LogP contribution >= 0.6 is 0 Å². The smallest absolute Gasteiger partial charge is 0.236 e. The lowest BCUT2D eigenvalue weighted by Crippen LogP contribution is -2.41. The Bertz CT molecular complexity index is 162. The van der Waals surface area contributed by atoms with Crippen LogP contribution in [0, 0.1) is 0 Å². The fourth-order valence-corrected chi connectivity index (χ4v) is 0.890. The van der Waals surface area contributed by atoms with Gasteiger partial charge in [-0.05, 0) is 14.0 Å². The van der Waals surface area contributed by atoms with Crippen molar-refractivity contribution in [3.05, 3.63) is 0 Å². The summed E-state index contributed by atoms with van der Waals surface area (Å²) in [6.07, 6.45) is 0. The molecule has 0 spiro atoms. The van der Waals surface area contributed by atoms with Crippen LogP contribution in [0.1, 0.15) is 6.92 Å². The number of nitrogens with one attached hydrogen (secondary N) is 1. The van der Waals surface area contributed by atoms with E-state index in [2.05, 4.69) is 10.2 Å². The van der Waals surface area contributed by atoms with Crippen LogP contribution in [0.4, 0.5) is 0 Å². The highest BCUT2D eigenvalue weighted by molar-refractivity contribution is 5.80. The Balaban J connectivity index is 3.39. The molecular weight excluding hydrogens is 182 g/mol. The Hall–Kier alpha value is -0.650. The largest absolute Gasteiger partial charge is 0.383 e. The molecule has 0 rings (SSSR count). The third-order valence-corrected chi connectivity index (χ3v) is 1.88. The van der Waals surface area contributed by atoms with Crippen molar-refractivity contribution in [2.24, 2.45) is 5.73 Å². The lowest BCUT2D eigenvalue weighted by Gasteiger charge is -2.16. The molecule has 0 bridgehead atoms. The summed E-state index contributed by atoms with van der Waals surface area (Å²) in [6, 6.07) is -0.431. The van der Waals surface area contributed by atoms with Gasteiger partial charge in [0.1, 0.15) is 0 Å². The summed E-state index contributed by atoms with van der Waals surface area (Å²) in [4.78, 5) is 13.1. The number of amides is 1. The van der Waals surface area contributed by atoms with Crippen molar-refractivity contribution in [1.29, 1.82) is 0 Å². The molecule has 0 aliphatic carbocycles. The summed E-state index contributed by atoms with van der Waals surface area (Å²) in [5.41, 5.74) is 5.39. The molecule has 3 N–H and O–H groups in total. The number of nitrogens with two attached hydrogens (primary N) is 1. The third kappa shape index (κ3) is 6.82. The topological polar surface area (TPSA) is 67.6 Å². The molecule has 1 atom stereocenters. The minimum Gasteiger partial charge on any atom is -0.383 e. The van der Waals surface area contributed by atoms with Crippen LogP contribution in [0.5, 0.6) is 0 Å². The second-order valence-electron chi connectivity index (χ2n) is 3.38. The monoisotopic (exact) mass is 203 g/mol. The molecule has 5 nitrogen and oxygen atoms in total. The maximum absolute atomic E-state index is 11.1. The summed E-state index contributed by atoms with van der Waals surface area (Å²) in [5, 5.41) is 2.74. The first kappa shape index (κ1) is 13.4. The quantitative estimate of drug-likeness (QED) is 0.558. The molecule has 0 fully saturated rings. The van der Waals surface area contributed by atoms with Crippen molar-refractivity contribution in [2.45, 2.75) is 13.0 Å². The van der Waals surface area contributed by atoms with E-state index in [0.29, 0.717) is 13.2 Å². The number of likely N-dealkylation sites (N-methyl/N-ethyl adjacent to an activating group) is 1. The fourth-order valence-electron chi connectivity index (χ4n) is 0.890. The van der Waals surface area contributed by atoms with E-state index in [9.17, 15) is 4.79 Å². The van der Waals surface area contributed by atoms with Gasteiger partial charge in [0.2, 0.25) is 5.91 Å². The van der Waals surface area contributed by atoms with Crippen LogP contribution in [0.3, 0.4) is 0 Å². The van der Waals surface area contributed by atoms with Gasteiger partial charge in [0, 0.05) is 26.7 Å². The SMILES string of the molecule is COCCN(C)CCNC(=O)[C@H](C)N. The molecule has 0 aromatic carbocycles. The van der Waals surface area contributed by atoms with Crippen molar-refractivity contribution >= 4 is 5.91 Å². The number of hydrogen-bond donors (Lipinski definition) is 2. The van der Waals surface area contributed by atoms with Crippen LogP contribution in [-0.4, -0.2) is 57.2 Å². The number of hydrogen-bond acceptors (Lipinski definition) is 4. The summed E-state index contributed by atoms with van der Waals surface area (Å²) in [7, 11) is 3.66.